The van der Waals surface area contributed by atoms with Crippen LogP contribution >= 0.6 is 0 Å². The van der Waals surface area contributed by atoms with Crippen LogP contribution in [0, 0.1) is 0 Å². The number of aromatic nitrogens is 4. The Morgan fingerprint density at radius 3 is 2.57 bits per heavy atom. The molecular weight excluding hydrogens is 362 g/mol. The molecule has 3 heterocycles. The third kappa shape index (κ3) is 2.62. The average Bonchev–Trinajstić information content (AvgIpc) is 3.23. The molecule has 28 heavy (non-hydrogen) atoms. The smallest absolute Gasteiger partial charge is 0.332 e. The normalized spacial score (nSPS) is 15.8. The van der Waals surface area contributed by atoms with Gasteiger partial charge in [-0.05, 0) is 12.5 Å². The molecule has 3 aromatic rings. The van der Waals surface area contributed by atoms with Gasteiger partial charge in [0, 0.05) is 20.6 Å². The van der Waals surface area contributed by atoms with Gasteiger partial charge >= 0.3 is 11.7 Å². The van der Waals surface area contributed by atoms with Crippen molar-refractivity contribution in [3.63, 3.8) is 0 Å². The van der Waals surface area contributed by atoms with E-state index in [-0.39, 0.29) is 19.1 Å². The lowest BCUT2D eigenvalue weighted by molar-refractivity contribution is -0.144. The van der Waals surface area contributed by atoms with Gasteiger partial charge in [0.25, 0.3) is 5.56 Å². The van der Waals surface area contributed by atoms with Crippen LogP contribution in [0.15, 0.2) is 39.9 Å². The molecule has 0 aliphatic carbocycles. The number of nitrogens with zero attached hydrogens (tertiary/aromatic N) is 5. The fraction of sp³-hybridized carbons (Fsp3) is 0.368. The van der Waals surface area contributed by atoms with Crippen LogP contribution < -0.4 is 16.1 Å². The molecule has 0 bridgehead atoms. The predicted molar refractivity (Wildman–Crippen MR) is 103 cm³/mol. The van der Waals surface area contributed by atoms with E-state index in [1.807, 2.05) is 35.2 Å². The first-order chi connectivity index (χ1) is 13.4. The fourth-order valence-electron chi connectivity index (χ4n) is 3.64. The summed E-state index contributed by atoms with van der Waals surface area (Å²) in [6.45, 7) is 2.70. The van der Waals surface area contributed by atoms with Crippen molar-refractivity contribution in [2.45, 2.75) is 26.1 Å². The SMILES string of the molecule is CCOC(=O)C1Cn2c(nc3c2c(=O)n(C)c(=O)n3C)N1Cc1ccccc1. The average molecular weight is 383 g/mol. The van der Waals surface area contributed by atoms with E-state index < -0.39 is 17.3 Å². The number of hydrogen-bond donors (Lipinski definition) is 0. The number of fused-ring (bicyclic) bond motifs is 3. The first-order valence-corrected chi connectivity index (χ1v) is 9.07. The molecule has 0 saturated carbocycles. The number of carbonyl (C=O) groups is 1. The van der Waals surface area contributed by atoms with Crippen LogP contribution in [0.5, 0.6) is 0 Å². The molecule has 1 aliphatic heterocycles. The minimum Gasteiger partial charge on any atom is -0.464 e. The molecule has 9 heteroatoms. The lowest BCUT2D eigenvalue weighted by Gasteiger charge is -2.23. The second-order valence-corrected chi connectivity index (χ2v) is 6.78. The van der Waals surface area contributed by atoms with Crippen LogP contribution in [0.2, 0.25) is 0 Å². The zero-order valence-electron chi connectivity index (χ0n) is 16.0. The molecule has 0 N–H and O–H groups in total. The zero-order chi connectivity index (χ0) is 20.0. The molecule has 1 atom stereocenters. The molecule has 2 aromatic heterocycles. The van der Waals surface area contributed by atoms with Gasteiger partial charge in [0.15, 0.2) is 11.2 Å². The number of rotatable bonds is 4. The largest absolute Gasteiger partial charge is 0.464 e. The van der Waals surface area contributed by atoms with E-state index in [1.54, 1.807) is 18.5 Å². The maximum atomic E-state index is 12.7. The molecule has 9 nitrogen and oxygen atoms in total. The number of anilines is 1. The maximum absolute atomic E-state index is 12.7. The third-order valence-electron chi connectivity index (χ3n) is 5.07. The first kappa shape index (κ1) is 18.0. The molecule has 1 unspecified atom stereocenters. The van der Waals surface area contributed by atoms with E-state index in [4.69, 9.17) is 4.74 Å². The third-order valence-corrected chi connectivity index (χ3v) is 5.07. The van der Waals surface area contributed by atoms with Crippen molar-refractivity contribution in [3.05, 3.63) is 56.7 Å². The van der Waals surface area contributed by atoms with Crippen molar-refractivity contribution >= 4 is 23.1 Å². The van der Waals surface area contributed by atoms with Crippen molar-refractivity contribution in [2.24, 2.45) is 14.1 Å². The Kier molecular flexibility index (Phi) is 4.29. The summed E-state index contributed by atoms with van der Waals surface area (Å²) in [5.74, 6) is 0.119. The molecule has 0 amide bonds. The van der Waals surface area contributed by atoms with Gasteiger partial charge < -0.3 is 14.2 Å². The summed E-state index contributed by atoms with van der Waals surface area (Å²) in [7, 11) is 3.01. The minimum atomic E-state index is -0.589. The van der Waals surface area contributed by atoms with E-state index in [2.05, 4.69) is 4.98 Å². The summed E-state index contributed by atoms with van der Waals surface area (Å²) < 4.78 is 9.35. The van der Waals surface area contributed by atoms with Crippen molar-refractivity contribution in [1.29, 1.82) is 0 Å². The molecule has 1 aromatic carbocycles. The van der Waals surface area contributed by atoms with Gasteiger partial charge in [-0.1, -0.05) is 30.3 Å². The summed E-state index contributed by atoms with van der Waals surface area (Å²) >= 11 is 0. The van der Waals surface area contributed by atoms with Crippen molar-refractivity contribution < 1.29 is 9.53 Å². The second kappa shape index (κ2) is 6.66. The molecule has 0 saturated heterocycles. The van der Waals surface area contributed by atoms with Gasteiger partial charge in [0.05, 0.1) is 13.2 Å². The van der Waals surface area contributed by atoms with Gasteiger partial charge in [-0.25, -0.2) is 9.59 Å². The molecule has 0 radical (unpaired) electrons. The second-order valence-electron chi connectivity index (χ2n) is 6.78. The topological polar surface area (TPSA) is 91.4 Å². The Hall–Kier alpha value is -3.36. The first-order valence-electron chi connectivity index (χ1n) is 9.07. The number of esters is 1. The summed E-state index contributed by atoms with van der Waals surface area (Å²) in [5.41, 5.74) is 0.749. The summed E-state index contributed by atoms with van der Waals surface area (Å²) in [5, 5.41) is 0. The molecular formula is C19H21N5O4. The molecule has 4 rings (SSSR count). The van der Waals surface area contributed by atoms with Crippen LogP contribution in [0.3, 0.4) is 0 Å². The highest BCUT2D eigenvalue weighted by atomic mass is 16.5. The van der Waals surface area contributed by atoms with Gasteiger partial charge in [-0.3, -0.25) is 13.9 Å². The maximum Gasteiger partial charge on any atom is 0.332 e. The molecule has 0 fully saturated rings. The number of imidazole rings is 1. The van der Waals surface area contributed by atoms with E-state index in [9.17, 15) is 14.4 Å². The number of hydrogen-bond acceptors (Lipinski definition) is 6. The summed E-state index contributed by atoms with van der Waals surface area (Å²) in [6, 6.07) is 9.10. The minimum absolute atomic E-state index is 0.241. The van der Waals surface area contributed by atoms with E-state index >= 15 is 0 Å². The molecule has 0 spiro atoms. The van der Waals surface area contributed by atoms with Gasteiger partial charge in [0.2, 0.25) is 5.95 Å². The highest BCUT2D eigenvalue weighted by Gasteiger charge is 2.39. The molecule has 146 valence electrons. The Balaban J connectivity index is 1.89. The number of carbonyl (C=O) groups excluding carboxylic acids is 1. The van der Waals surface area contributed by atoms with E-state index in [0.717, 1.165) is 10.1 Å². The highest BCUT2D eigenvalue weighted by Crippen LogP contribution is 2.31. The van der Waals surface area contributed by atoms with Crippen LogP contribution in [0.4, 0.5) is 5.95 Å². The number of ether oxygens (including phenoxy) is 1. The predicted octanol–water partition coefficient (Wildman–Crippen LogP) is 0.386. The van der Waals surface area contributed by atoms with Gasteiger partial charge in [0.1, 0.15) is 6.04 Å². The van der Waals surface area contributed by atoms with Crippen LogP contribution in [0.1, 0.15) is 12.5 Å². The lowest BCUT2D eigenvalue weighted by Crippen LogP contribution is -2.41. The number of aryl methyl sites for hydroxylation is 1. The Bertz CT molecular complexity index is 1170. The lowest BCUT2D eigenvalue weighted by atomic mass is 10.2. The van der Waals surface area contributed by atoms with Gasteiger partial charge in [-0.15, -0.1) is 0 Å². The van der Waals surface area contributed by atoms with E-state index in [1.165, 1.54) is 11.6 Å². The zero-order valence-corrected chi connectivity index (χ0v) is 16.0. The highest BCUT2D eigenvalue weighted by molar-refractivity contribution is 5.84. The fourth-order valence-corrected chi connectivity index (χ4v) is 3.64. The standard InChI is InChI=1S/C19H21N5O4/c1-4-28-17(26)13-11-24-14-15(21(2)19(27)22(3)16(14)25)20-18(24)23(13)10-12-8-6-5-7-9-12/h5-9,13H,4,10-11H2,1-3H3. The Morgan fingerprint density at radius 1 is 1.18 bits per heavy atom. The monoisotopic (exact) mass is 383 g/mol. The Labute approximate surface area is 160 Å². The van der Waals surface area contributed by atoms with Crippen LogP contribution in [-0.4, -0.2) is 37.3 Å². The van der Waals surface area contributed by atoms with Crippen LogP contribution in [-0.2, 0) is 36.7 Å². The summed E-state index contributed by atoms with van der Waals surface area (Å²) in [4.78, 5) is 44.0. The van der Waals surface area contributed by atoms with E-state index in [0.29, 0.717) is 23.7 Å². The number of benzene rings is 1. The van der Waals surface area contributed by atoms with Crippen molar-refractivity contribution in [2.75, 3.05) is 11.5 Å². The van der Waals surface area contributed by atoms with Crippen molar-refractivity contribution in [1.82, 2.24) is 18.7 Å². The van der Waals surface area contributed by atoms with Crippen molar-refractivity contribution in [3.8, 4) is 0 Å². The summed E-state index contributed by atoms with van der Waals surface area (Å²) in [6.07, 6.45) is 0. The molecule has 1 aliphatic rings. The Morgan fingerprint density at radius 2 is 1.89 bits per heavy atom. The quantitative estimate of drug-likeness (QED) is 0.605. The van der Waals surface area contributed by atoms with Gasteiger partial charge in [-0.2, -0.15) is 4.98 Å². The van der Waals surface area contributed by atoms with Crippen LogP contribution in [0.25, 0.3) is 11.2 Å².